The number of ether oxygens (including phenoxy) is 2. The fourth-order valence-electron chi connectivity index (χ4n) is 2.80. The predicted octanol–water partition coefficient (Wildman–Crippen LogP) is 1.78. The van der Waals surface area contributed by atoms with E-state index in [4.69, 9.17) is 9.47 Å². The molecule has 2 rings (SSSR count). The molecule has 1 aliphatic heterocycles. The maximum absolute atomic E-state index is 12.2. The molecule has 1 amide bonds. The van der Waals surface area contributed by atoms with Gasteiger partial charge in [0.25, 0.3) is 6.47 Å². The van der Waals surface area contributed by atoms with Crippen molar-refractivity contribution in [2.45, 2.75) is 39.0 Å². The standard InChI is InChI=1S/C18H26N2O5/c1-18(2,3)25-17(23)19-7-8-20(16(10-19)11-21)15-6-4-5-14(9-15)12-24-13-22/h4-6,9,13,16,21H,7-8,10-12H2,1-3H3/t16-/m0/s1. The van der Waals surface area contributed by atoms with Crippen LogP contribution in [-0.2, 0) is 20.9 Å². The molecule has 1 aliphatic rings. The molecule has 0 aromatic heterocycles. The highest BCUT2D eigenvalue weighted by Crippen LogP contribution is 2.23. The van der Waals surface area contributed by atoms with E-state index in [9.17, 15) is 14.7 Å². The first-order valence-electron chi connectivity index (χ1n) is 8.33. The quantitative estimate of drug-likeness (QED) is 0.816. The number of benzene rings is 1. The molecule has 0 radical (unpaired) electrons. The second-order valence-electron chi connectivity index (χ2n) is 7.03. The first kappa shape index (κ1) is 19.1. The van der Waals surface area contributed by atoms with Gasteiger partial charge < -0.3 is 24.4 Å². The maximum atomic E-state index is 12.2. The molecule has 1 fully saturated rings. The van der Waals surface area contributed by atoms with E-state index in [0.29, 0.717) is 26.1 Å². The molecule has 0 spiro atoms. The molecule has 1 atom stereocenters. The van der Waals surface area contributed by atoms with Gasteiger partial charge >= 0.3 is 6.09 Å². The van der Waals surface area contributed by atoms with Crippen LogP contribution in [0.15, 0.2) is 24.3 Å². The van der Waals surface area contributed by atoms with E-state index >= 15 is 0 Å². The van der Waals surface area contributed by atoms with Gasteiger partial charge in [0.1, 0.15) is 12.2 Å². The van der Waals surface area contributed by atoms with Gasteiger partial charge in [-0.2, -0.15) is 0 Å². The van der Waals surface area contributed by atoms with Crippen LogP contribution in [0.1, 0.15) is 26.3 Å². The number of carbonyl (C=O) groups is 2. The van der Waals surface area contributed by atoms with Crippen molar-refractivity contribution in [3.8, 4) is 0 Å². The van der Waals surface area contributed by atoms with Crippen molar-refractivity contribution in [3.63, 3.8) is 0 Å². The monoisotopic (exact) mass is 350 g/mol. The van der Waals surface area contributed by atoms with Gasteiger partial charge in [0, 0.05) is 25.3 Å². The molecule has 25 heavy (non-hydrogen) atoms. The van der Waals surface area contributed by atoms with E-state index in [2.05, 4.69) is 4.90 Å². The van der Waals surface area contributed by atoms with Crippen molar-refractivity contribution in [2.75, 3.05) is 31.1 Å². The zero-order valence-corrected chi connectivity index (χ0v) is 15.0. The minimum Gasteiger partial charge on any atom is -0.463 e. The molecule has 1 aromatic rings. The highest BCUT2D eigenvalue weighted by Gasteiger charge is 2.31. The summed E-state index contributed by atoms with van der Waals surface area (Å²) in [5.41, 5.74) is 1.25. The van der Waals surface area contributed by atoms with Crippen molar-refractivity contribution in [1.82, 2.24) is 4.90 Å². The molecule has 7 heteroatoms. The highest BCUT2D eigenvalue weighted by atomic mass is 16.6. The van der Waals surface area contributed by atoms with E-state index < -0.39 is 5.60 Å². The Kier molecular flexibility index (Phi) is 6.25. The SMILES string of the molecule is CC(C)(C)OC(=O)N1CCN(c2cccc(COC=O)c2)[C@H](CO)C1. The number of rotatable bonds is 5. The Morgan fingerprint density at radius 2 is 2.12 bits per heavy atom. The van der Waals surface area contributed by atoms with Crippen LogP contribution in [0.2, 0.25) is 0 Å². The molecule has 7 nitrogen and oxygen atoms in total. The van der Waals surface area contributed by atoms with E-state index in [0.717, 1.165) is 11.3 Å². The lowest BCUT2D eigenvalue weighted by Gasteiger charge is -2.42. The molecule has 1 heterocycles. The smallest absolute Gasteiger partial charge is 0.410 e. The van der Waals surface area contributed by atoms with Crippen molar-refractivity contribution >= 4 is 18.3 Å². The molecular weight excluding hydrogens is 324 g/mol. The number of hydrogen-bond donors (Lipinski definition) is 1. The zero-order valence-electron chi connectivity index (χ0n) is 15.0. The lowest BCUT2D eigenvalue weighted by atomic mass is 10.1. The Bertz CT molecular complexity index is 599. The average molecular weight is 350 g/mol. The van der Waals surface area contributed by atoms with Gasteiger partial charge in [0.2, 0.25) is 0 Å². The first-order chi connectivity index (χ1) is 11.8. The number of anilines is 1. The lowest BCUT2D eigenvalue weighted by Crippen LogP contribution is -2.57. The van der Waals surface area contributed by atoms with Crippen LogP contribution >= 0.6 is 0 Å². The summed E-state index contributed by atoms with van der Waals surface area (Å²) < 4.78 is 10.2. The maximum Gasteiger partial charge on any atom is 0.410 e. The number of hydrogen-bond acceptors (Lipinski definition) is 6. The number of carbonyl (C=O) groups excluding carboxylic acids is 2. The van der Waals surface area contributed by atoms with E-state index in [1.807, 2.05) is 45.0 Å². The predicted molar refractivity (Wildman–Crippen MR) is 93.3 cm³/mol. The van der Waals surface area contributed by atoms with Gasteiger partial charge in [-0.3, -0.25) is 4.79 Å². The Balaban J connectivity index is 2.07. The molecule has 0 bridgehead atoms. The summed E-state index contributed by atoms with van der Waals surface area (Å²) in [5.74, 6) is 0. The fourth-order valence-corrected chi connectivity index (χ4v) is 2.80. The fraction of sp³-hybridized carbons (Fsp3) is 0.556. The molecule has 138 valence electrons. The van der Waals surface area contributed by atoms with Gasteiger partial charge in [0.05, 0.1) is 12.6 Å². The zero-order chi connectivity index (χ0) is 18.4. The second-order valence-corrected chi connectivity index (χ2v) is 7.03. The van der Waals surface area contributed by atoms with Crippen LogP contribution in [-0.4, -0.2) is 60.5 Å². The molecule has 1 saturated heterocycles. The van der Waals surface area contributed by atoms with Gasteiger partial charge in [-0.25, -0.2) is 4.79 Å². The largest absolute Gasteiger partial charge is 0.463 e. The number of aliphatic hydroxyl groups excluding tert-OH is 1. The van der Waals surface area contributed by atoms with Crippen LogP contribution in [0.5, 0.6) is 0 Å². The minimum absolute atomic E-state index is 0.0750. The molecule has 0 saturated carbocycles. The van der Waals surface area contributed by atoms with Crippen LogP contribution in [0.3, 0.4) is 0 Å². The summed E-state index contributed by atoms with van der Waals surface area (Å²) >= 11 is 0. The molecule has 1 N–H and O–H groups in total. The Morgan fingerprint density at radius 1 is 1.36 bits per heavy atom. The van der Waals surface area contributed by atoms with E-state index in [1.54, 1.807) is 4.90 Å². The number of piperazine rings is 1. The molecule has 0 unspecified atom stereocenters. The summed E-state index contributed by atoms with van der Waals surface area (Å²) in [6.07, 6.45) is -0.362. The van der Waals surface area contributed by atoms with Gasteiger partial charge in [-0.15, -0.1) is 0 Å². The van der Waals surface area contributed by atoms with Gasteiger partial charge in [0.15, 0.2) is 0 Å². The second kappa shape index (κ2) is 8.20. The lowest BCUT2D eigenvalue weighted by molar-refractivity contribution is -0.129. The summed E-state index contributed by atoms with van der Waals surface area (Å²) in [6.45, 7) is 7.53. The number of aliphatic hydroxyl groups is 1. The Morgan fingerprint density at radius 3 is 2.76 bits per heavy atom. The summed E-state index contributed by atoms with van der Waals surface area (Å²) in [6, 6.07) is 7.40. The minimum atomic E-state index is -0.546. The Labute approximate surface area is 148 Å². The third kappa shape index (κ3) is 5.35. The van der Waals surface area contributed by atoms with Crippen LogP contribution in [0, 0.1) is 0 Å². The number of nitrogens with zero attached hydrogens (tertiary/aromatic N) is 2. The molecular formula is C18H26N2O5. The van der Waals surface area contributed by atoms with Crippen LogP contribution in [0.4, 0.5) is 10.5 Å². The summed E-state index contributed by atoms with van der Waals surface area (Å²) in [5, 5.41) is 9.77. The number of amides is 1. The summed E-state index contributed by atoms with van der Waals surface area (Å²) in [4.78, 5) is 26.3. The van der Waals surface area contributed by atoms with Gasteiger partial charge in [-0.1, -0.05) is 12.1 Å². The third-order valence-electron chi connectivity index (χ3n) is 3.91. The third-order valence-corrected chi connectivity index (χ3v) is 3.91. The first-order valence-corrected chi connectivity index (χ1v) is 8.33. The van der Waals surface area contributed by atoms with E-state index in [-0.39, 0.29) is 25.3 Å². The molecule has 0 aliphatic carbocycles. The van der Waals surface area contributed by atoms with Crippen molar-refractivity contribution in [2.24, 2.45) is 0 Å². The van der Waals surface area contributed by atoms with Crippen molar-refractivity contribution < 1.29 is 24.2 Å². The molecule has 1 aromatic carbocycles. The van der Waals surface area contributed by atoms with Crippen molar-refractivity contribution in [3.05, 3.63) is 29.8 Å². The van der Waals surface area contributed by atoms with Crippen molar-refractivity contribution in [1.29, 1.82) is 0 Å². The van der Waals surface area contributed by atoms with Crippen LogP contribution < -0.4 is 4.90 Å². The van der Waals surface area contributed by atoms with E-state index in [1.165, 1.54) is 0 Å². The topological polar surface area (TPSA) is 79.3 Å². The van der Waals surface area contributed by atoms with Gasteiger partial charge in [-0.05, 0) is 38.5 Å². The highest BCUT2D eigenvalue weighted by molar-refractivity contribution is 5.69. The normalized spacial score (nSPS) is 18.0. The average Bonchev–Trinajstić information content (AvgIpc) is 2.58. The van der Waals surface area contributed by atoms with Crippen LogP contribution in [0.25, 0.3) is 0 Å². The summed E-state index contributed by atoms with van der Waals surface area (Å²) in [7, 11) is 0. The Hall–Kier alpha value is -2.28.